The second-order valence-electron chi connectivity index (χ2n) is 6.98. The van der Waals surface area contributed by atoms with E-state index in [4.69, 9.17) is 10.00 Å². The number of hydrogen-bond acceptors (Lipinski definition) is 5. The summed E-state index contributed by atoms with van der Waals surface area (Å²) in [4.78, 5) is 39.3. The number of aryl methyl sites for hydroxylation is 3. The van der Waals surface area contributed by atoms with Gasteiger partial charge in [-0.3, -0.25) is 14.4 Å². The van der Waals surface area contributed by atoms with E-state index in [-0.39, 0.29) is 17.8 Å². The van der Waals surface area contributed by atoms with Crippen LogP contribution in [0.15, 0.2) is 23.0 Å². The maximum Gasteiger partial charge on any atom is 0.306 e. The number of ether oxygens (including phenoxy) is 1. The quantitative estimate of drug-likeness (QED) is 0.612. The predicted octanol–water partition coefficient (Wildman–Crippen LogP) is 3.23. The van der Waals surface area contributed by atoms with Gasteiger partial charge in [0, 0.05) is 17.7 Å². The Hall–Kier alpha value is -3.20. The fourth-order valence-corrected chi connectivity index (χ4v) is 3.18. The third kappa shape index (κ3) is 4.55. The number of nitrogens with one attached hydrogen (secondary N) is 1. The number of benzene rings is 1. The molecule has 2 aromatic rings. The first-order chi connectivity index (χ1) is 13.1. The van der Waals surface area contributed by atoms with Gasteiger partial charge in [0.2, 0.25) is 5.78 Å². The van der Waals surface area contributed by atoms with Crippen LogP contribution in [-0.4, -0.2) is 22.8 Å². The zero-order valence-corrected chi connectivity index (χ0v) is 16.8. The van der Waals surface area contributed by atoms with Gasteiger partial charge >= 0.3 is 5.97 Å². The summed E-state index contributed by atoms with van der Waals surface area (Å²) in [5.41, 5.74) is 3.88. The molecule has 28 heavy (non-hydrogen) atoms. The lowest BCUT2D eigenvalue weighted by atomic mass is 9.98. The van der Waals surface area contributed by atoms with Gasteiger partial charge in [-0.2, -0.15) is 5.26 Å². The van der Waals surface area contributed by atoms with E-state index in [1.54, 1.807) is 26.8 Å². The highest BCUT2D eigenvalue weighted by molar-refractivity contribution is 6.01. The molecule has 0 saturated carbocycles. The standard InChI is InChI=1S/C22H24N2O4/c1-12-6-7-13(2)18(10-12)21(26)16(5)28-20(25)9-8-17-14(3)19(11-23)22(27)24-15(17)4/h6-7,10,16H,8-9H2,1-5H3,(H,24,27)/t16-/m0/s1. The number of carbonyl (C=O) groups excluding carboxylic acids is 2. The van der Waals surface area contributed by atoms with Crippen LogP contribution in [0.2, 0.25) is 0 Å². The van der Waals surface area contributed by atoms with Crippen molar-refractivity contribution >= 4 is 11.8 Å². The first-order valence-electron chi connectivity index (χ1n) is 9.09. The van der Waals surface area contributed by atoms with E-state index in [1.807, 2.05) is 32.0 Å². The summed E-state index contributed by atoms with van der Waals surface area (Å²) in [5, 5.41) is 9.12. The summed E-state index contributed by atoms with van der Waals surface area (Å²) in [6, 6.07) is 7.47. The Labute approximate surface area is 164 Å². The Balaban J connectivity index is 2.07. The zero-order valence-electron chi connectivity index (χ0n) is 16.8. The first-order valence-corrected chi connectivity index (χ1v) is 9.09. The first kappa shape index (κ1) is 21.1. The van der Waals surface area contributed by atoms with Crippen molar-refractivity contribution in [2.24, 2.45) is 0 Å². The fourth-order valence-electron chi connectivity index (χ4n) is 3.18. The number of rotatable bonds is 6. The molecule has 0 amide bonds. The number of esters is 1. The van der Waals surface area contributed by atoms with Gasteiger partial charge in [-0.25, -0.2) is 0 Å². The number of ketones is 1. The number of nitrogens with zero attached hydrogens (tertiary/aromatic N) is 1. The number of H-pyrrole nitrogens is 1. The van der Waals surface area contributed by atoms with Crippen molar-refractivity contribution in [2.75, 3.05) is 0 Å². The molecular formula is C22H24N2O4. The minimum atomic E-state index is -0.888. The van der Waals surface area contributed by atoms with E-state index in [0.29, 0.717) is 23.2 Å². The molecule has 0 unspecified atom stereocenters. The van der Waals surface area contributed by atoms with Crippen molar-refractivity contribution in [3.63, 3.8) is 0 Å². The monoisotopic (exact) mass is 380 g/mol. The molecule has 1 N–H and O–H groups in total. The van der Waals surface area contributed by atoms with Crippen molar-refractivity contribution in [3.05, 3.63) is 67.6 Å². The second-order valence-corrected chi connectivity index (χ2v) is 6.98. The van der Waals surface area contributed by atoms with Crippen molar-refractivity contribution in [2.45, 2.75) is 53.6 Å². The van der Waals surface area contributed by atoms with Gasteiger partial charge in [-0.15, -0.1) is 0 Å². The topological polar surface area (TPSA) is 100 Å². The molecule has 1 atom stereocenters. The minimum Gasteiger partial charge on any atom is -0.454 e. The summed E-state index contributed by atoms with van der Waals surface area (Å²) < 4.78 is 5.32. The number of aromatic nitrogens is 1. The van der Waals surface area contributed by atoms with Crippen LogP contribution in [0.1, 0.15) is 57.2 Å². The summed E-state index contributed by atoms with van der Waals surface area (Å²) in [6.45, 7) is 8.72. The maximum atomic E-state index is 12.6. The molecule has 0 spiro atoms. The highest BCUT2D eigenvalue weighted by atomic mass is 16.5. The molecule has 1 heterocycles. The van der Waals surface area contributed by atoms with Gasteiger partial charge in [-0.05, 0) is 63.8 Å². The van der Waals surface area contributed by atoms with Crippen LogP contribution in [0.4, 0.5) is 0 Å². The molecule has 0 aliphatic carbocycles. The average Bonchev–Trinajstić information content (AvgIpc) is 2.62. The lowest BCUT2D eigenvalue weighted by Gasteiger charge is -2.15. The molecule has 0 aliphatic heterocycles. The van der Waals surface area contributed by atoms with Gasteiger partial charge in [0.25, 0.3) is 5.56 Å². The Morgan fingerprint density at radius 1 is 1.21 bits per heavy atom. The van der Waals surface area contributed by atoms with Gasteiger partial charge in [0.1, 0.15) is 11.6 Å². The maximum absolute atomic E-state index is 12.6. The highest BCUT2D eigenvalue weighted by Crippen LogP contribution is 2.17. The summed E-state index contributed by atoms with van der Waals surface area (Å²) in [6.07, 6.45) is -0.532. The number of carbonyl (C=O) groups is 2. The zero-order chi connectivity index (χ0) is 21.0. The largest absolute Gasteiger partial charge is 0.454 e. The van der Waals surface area contributed by atoms with Crippen molar-refractivity contribution in [1.29, 1.82) is 5.26 Å². The summed E-state index contributed by atoms with van der Waals surface area (Å²) in [7, 11) is 0. The van der Waals surface area contributed by atoms with Crippen LogP contribution in [0.3, 0.4) is 0 Å². The molecule has 0 saturated heterocycles. The molecule has 0 bridgehead atoms. The van der Waals surface area contributed by atoms with E-state index in [2.05, 4.69) is 4.98 Å². The van der Waals surface area contributed by atoms with Crippen LogP contribution in [0, 0.1) is 39.0 Å². The van der Waals surface area contributed by atoms with E-state index in [9.17, 15) is 14.4 Å². The number of nitriles is 1. The van der Waals surface area contributed by atoms with Gasteiger partial charge < -0.3 is 9.72 Å². The van der Waals surface area contributed by atoms with Crippen molar-refractivity contribution < 1.29 is 14.3 Å². The fraction of sp³-hybridized carbons (Fsp3) is 0.364. The molecule has 6 nitrogen and oxygen atoms in total. The van der Waals surface area contributed by atoms with Crippen LogP contribution in [-0.2, 0) is 16.0 Å². The Morgan fingerprint density at radius 2 is 1.89 bits per heavy atom. The summed E-state index contributed by atoms with van der Waals surface area (Å²) >= 11 is 0. The minimum absolute atomic E-state index is 0.0447. The average molecular weight is 380 g/mol. The Morgan fingerprint density at radius 3 is 2.54 bits per heavy atom. The van der Waals surface area contributed by atoms with E-state index in [1.165, 1.54) is 0 Å². The number of pyridine rings is 1. The van der Waals surface area contributed by atoms with Crippen LogP contribution in [0.25, 0.3) is 0 Å². The normalized spacial score (nSPS) is 11.6. The van der Waals surface area contributed by atoms with Gasteiger partial charge in [-0.1, -0.05) is 17.7 Å². The van der Waals surface area contributed by atoms with E-state index in [0.717, 1.165) is 16.7 Å². The lowest BCUT2D eigenvalue weighted by Crippen LogP contribution is -2.25. The van der Waals surface area contributed by atoms with E-state index >= 15 is 0 Å². The predicted molar refractivity (Wildman–Crippen MR) is 105 cm³/mol. The smallest absolute Gasteiger partial charge is 0.306 e. The molecule has 2 rings (SSSR count). The molecule has 146 valence electrons. The van der Waals surface area contributed by atoms with Gasteiger partial charge in [0.15, 0.2) is 6.10 Å². The van der Waals surface area contributed by atoms with Crippen molar-refractivity contribution in [3.8, 4) is 6.07 Å². The molecule has 1 aromatic carbocycles. The second kappa shape index (κ2) is 8.66. The lowest BCUT2D eigenvalue weighted by molar-refractivity contribution is -0.146. The SMILES string of the molecule is Cc1ccc(C)c(C(=O)[C@H](C)OC(=O)CCc2c(C)[nH]c(=O)c(C#N)c2C)c1. The summed E-state index contributed by atoms with van der Waals surface area (Å²) in [5.74, 6) is -0.743. The molecule has 1 aromatic heterocycles. The number of Topliss-reactive ketones (excluding diaryl/α,β-unsaturated/α-hetero) is 1. The number of hydrogen-bond donors (Lipinski definition) is 1. The third-order valence-corrected chi connectivity index (χ3v) is 4.84. The van der Waals surface area contributed by atoms with Crippen LogP contribution >= 0.6 is 0 Å². The number of aromatic amines is 1. The van der Waals surface area contributed by atoms with Crippen LogP contribution < -0.4 is 5.56 Å². The molecule has 0 radical (unpaired) electrons. The molecule has 6 heteroatoms. The van der Waals surface area contributed by atoms with Crippen molar-refractivity contribution in [1.82, 2.24) is 4.98 Å². The van der Waals surface area contributed by atoms with Crippen LogP contribution in [0.5, 0.6) is 0 Å². The molecule has 0 aliphatic rings. The molecule has 0 fully saturated rings. The van der Waals surface area contributed by atoms with Gasteiger partial charge in [0.05, 0.1) is 0 Å². The van der Waals surface area contributed by atoms with E-state index < -0.39 is 17.6 Å². The highest BCUT2D eigenvalue weighted by Gasteiger charge is 2.21. The third-order valence-electron chi connectivity index (χ3n) is 4.84. The Kier molecular flexibility index (Phi) is 6.53. The molecular weight excluding hydrogens is 356 g/mol. The Bertz CT molecular complexity index is 1030.